The Morgan fingerprint density at radius 2 is 1.35 bits per heavy atom. The summed E-state index contributed by atoms with van der Waals surface area (Å²) in [6.07, 6.45) is 19.7. The molecule has 0 spiro atoms. The Kier molecular flexibility index (Phi) is 30.4. The number of hydrogen-bond donors (Lipinski definition) is 7. The fraction of sp³-hybridized carbons (Fsp3) is 0.696. The molecular formula is C46H77N3O17P2. The third kappa shape index (κ3) is 27.1. The number of unbranched alkanes of at least 4 members (excludes halogenated alkanes) is 7. The van der Waals surface area contributed by atoms with Crippen LogP contribution >= 0.6 is 15.6 Å². The fourth-order valence-electron chi connectivity index (χ4n) is 6.76. The summed E-state index contributed by atoms with van der Waals surface area (Å²) in [6, 6.07) is 1.23. The molecule has 0 saturated carbocycles. The summed E-state index contributed by atoms with van der Waals surface area (Å²) in [5.41, 5.74) is 4.55. The number of carbonyl (C=O) groups is 2. The number of hydrogen-bond acceptors (Lipinski definition) is 17. The molecule has 0 bridgehead atoms. The van der Waals surface area contributed by atoms with E-state index in [9.17, 15) is 53.7 Å². The van der Waals surface area contributed by atoms with E-state index >= 15 is 0 Å². The number of rotatable bonds is 37. The number of nitrogen functional groups attached to an aromatic ring is 1. The zero-order valence-corrected chi connectivity index (χ0v) is 41.6. The first-order valence-corrected chi connectivity index (χ1v) is 26.7. The molecule has 0 aromatic carbocycles. The van der Waals surface area contributed by atoms with Crippen LogP contribution in [0.1, 0.15) is 143 Å². The van der Waals surface area contributed by atoms with Crippen molar-refractivity contribution in [3.05, 3.63) is 71.4 Å². The summed E-state index contributed by atoms with van der Waals surface area (Å²) in [7, 11) is -11.0. The first-order valence-electron chi connectivity index (χ1n) is 23.7. The van der Waals surface area contributed by atoms with Gasteiger partial charge in [0.1, 0.15) is 30.7 Å². The van der Waals surface area contributed by atoms with Gasteiger partial charge in [-0.05, 0) is 63.4 Å². The predicted octanol–water partition coefficient (Wildman–Crippen LogP) is 6.79. The third-order valence-electron chi connectivity index (χ3n) is 10.6. The summed E-state index contributed by atoms with van der Waals surface area (Å²) in [5, 5.41) is 41.7. The number of allylic oxidation sites excluding steroid dienone is 7. The van der Waals surface area contributed by atoms with Gasteiger partial charge in [-0.2, -0.15) is 9.29 Å². The number of phosphoric acid groups is 2. The first-order chi connectivity index (χ1) is 32.3. The Balaban J connectivity index is 1.90. The molecule has 2 rings (SSSR count). The number of esters is 2. The van der Waals surface area contributed by atoms with E-state index in [0.717, 1.165) is 55.7 Å². The summed E-state index contributed by atoms with van der Waals surface area (Å²) < 4.78 is 56.4. The van der Waals surface area contributed by atoms with E-state index in [1.165, 1.54) is 31.7 Å². The summed E-state index contributed by atoms with van der Waals surface area (Å²) >= 11 is 0. The molecule has 1 aliphatic rings. The molecule has 2 heterocycles. The molecule has 0 aliphatic carbocycles. The predicted molar refractivity (Wildman–Crippen MR) is 255 cm³/mol. The van der Waals surface area contributed by atoms with Gasteiger partial charge in [0.15, 0.2) is 12.3 Å². The maximum atomic E-state index is 12.9. The quantitative estimate of drug-likeness (QED) is 0.0156. The van der Waals surface area contributed by atoms with E-state index < -0.39 is 95.9 Å². The normalized spacial score (nSPS) is 20.9. The minimum atomic E-state index is -5.49. The highest BCUT2D eigenvalue weighted by Crippen LogP contribution is 2.60. The minimum absolute atomic E-state index is 0.0309. The maximum absolute atomic E-state index is 12.9. The van der Waals surface area contributed by atoms with Crippen LogP contribution in [0.2, 0.25) is 0 Å². The van der Waals surface area contributed by atoms with Crippen LogP contribution in [0.25, 0.3) is 0 Å². The van der Waals surface area contributed by atoms with Gasteiger partial charge in [-0.1, -0.05) is 121 Å². The molecule has 68 heavy (non-hydrogen) atoms. The van der Waals surface area contributed by atoms with Crippen molar-refractivity contribution in [1.29, 1.82) is 0 Å². The largest absolute Gasteiger partial charge is 0.481 e. The molecule has 1 aromatic heterocycles. The zero-order chi connectivity index (χ0) is 50.4. The summed E-state index contributed by atoms with van der Waals surface area (Å²) in [5.74, 6) is -0.906. The molecule has 22 heteroatoms. The molecule has 1 aliphatic heterocycles. The Labute approximate surface area is 400 Å². The lowest BCUT2D eigenvalue weighted by molar-refractivity contribution is -0.161. The third-order valence-corrected chi connectivity index (χ3v) is 13.2. The van der Waals surface area contributed by atoms with Crippen LogP contribution in [0.15, 0.2) is 65.7 Å². The highest BCUT2D eigenvalue weighted by atomic mass is 31.3. The van der Waals surface area contributed by atoms with Crippen molar-refractivity contribution in [1.82, 2.24) is 9.55 Å². The molecule has 1 saturated heterocycles. The number of carbonyl (C=O) groups excluding carboxylic acids is 2. The van der Waals surface area contributed by atoms with E-state index in [1.807, 2.05) is 18.2 Å². The van der Waals surface area contributed by atoms with Crippen molar-refractivity contribution in [3.8, 4) is 0 Å². The monoisotopic (exact) mass is 1010 g/mol. The van der Waals surface area contributed by atoms with Crippen LogP contribution in [-0.2, 0) is 46.3 Å². The van der Waals surface area contributed by atoms with E-state index in [4.69, 9.17) is 29.0 Å². The van der Waals surface area contributed by atoms with Gasteiger partial charge < -0.3 is 50.2 Å². The highest BCUT2D eigenvalue weighted by molar-refractivity contribution is 7.61. The van der Waals surface area contributed by atoms with E-state index in [2.05, 4.69) is 54.4 Å². The Morgan fingerprint density at radius 1 is 0.779 bits per heavy atom. The van der Waals surface area contributed by atoms with Crippen LogP contribution in [0.4, 0.5) is 5.82 Å². The molecule has 20 nitrogen and oxygen atoms in total. The lowest BCUT2D eigenvalue weighted by Crippen LogP contribution is -2.36. The number of nitrogens with two attached hydrogens (primary N) is 1. The van der Waals surface area contributed by atoms with Gasteiger partial charge in [-0.15, -0.1) is 0 Å². The number of phosphoric ester groups is 2. The number of aromatic nitrogens is 2. The second-order valence-corrected chi connectivity index (χ2v) is 20.1. The smallest absolute Gasteiger partial charge is 0.462 e. The molecule has 388 valence electrons. The molecule has 9 atom stereocenters. The molecular weight excluding hydrogens is 928 g/mol. The van der Waals surface area contributed by atoms with E-state index in [0.29, 0.717) is 18.8 Å². The van der Waals surface area contributed by atoms with Gasteiger partial charge in [0, 0.05) is 19.0 Å². The summed E-state index contributed by atoms with van der Waals surface area (Å²) in [6.45, 7) is 3.96. The van der Waals surface area contributed by atoms with Gasteiger partial charge in [0.2, 0.25) is 0 Å². The van der Waals surface area contributed by atoms with Gasteiger partial charge in [0.25, 0.3) is 0 Å². The summed E-state index contributed by atoms with van der Waals surface area (Å²) in [4.78, 5) is 61.8. The van der Waals surface area contributed by atoms with Crippen LogP contribution in [0, 0.1) is 5.92 Å². The van der Waals surface area contributed by atoms with E-state index in [-0.39, 0.29) is 37.9 Å². The second-order valence-electron chi connectivity index (χ2n) is 17.0. The minimum Gasteiger partial charge on any atom is -0.462 e. The van der Waals surface area contributed by atoms with Gasteiger partial charge >= 0.3 is 33.3 Å². The number of anilines is 1. The van der Waals surface area contributed by atoms with E-state index in [1.54, 1.807) is 6.08 Å². The lowest BCUT2D eigenvalue weighted by Gasteiger charge is -2.22. The fourth-order valence-corrected chi connectivity index (χ4v) is 8.87. The molecule has 1 fully saturated rings. The number of nitrogens with zero attached hydrogens (tertiary/aromatic N) is 2. The van der Waals surface area contributed by atoms with Crippen molar-refractivity contribution in [2.45, 2.75) is 179 Å². The molecule has 8 N–H and O–H groups in total. The number of aliphatic hydroxyl groups excluding tert-OH is 4. The van der Waals surface area contributed by atoms with Crippen molar-refractivity contribution in [3.63, 3.8) is 0 Å². The number of ether oxygens (including phenoxy) is 3. The topological polar surface area (TPSA) is 306 Å². The average molecular weight is 1010 g/mol. The Morgan fingerprint density at radius 3 is 1.97 bits per heavy atom. The SMILES string of the molecule is CC/C=C\C/C=C\C/C=C\C/C=C\C[C@@H](O)[C@H](O)CCCC(=O)O[C@H](COC(=O)CCCCCCCCCCC(C)C)COP(=O)(O)OP(=O)(O)OC[C@H]1O[C@@H](n2ccc(N)nc2=O)[C@H](O)[C@@H]1O. The van der Waals surface area contributed by atoms with Gasteiger partial charge in [-0.25, -0.2) is 13.9 Å². The van der Waals surface area contributed by atoms with Crippen LogP contribution in [0.5, 0.6) is 0 Å². The molecule has 1 aromatic rings. The standard InChI is InChI=1S/C46H77N3O17P2/c1-4-5-6-7-8-9-10-11-12-16-19-22-26-37(50)38(51)27-24-29-42(53)64-36(32-61-41(52)28-23-20-17-14-13-15-18-21-25-35(2)3)33-62-67(57,58)66-68(59,60)63-34-39-43(54)44(55)45(65-39)49-31-30-40(47)48-46(49)56/h5-6,8-9,11-12,19,22,30-31,35-39,43-45,50-51,54-55H,4,7,10,13-18,20-21,23-29,32-34H2,1-3H3,(H,57,58)(H,59,60)(H2,47,48,56)/b6-5-,9-8-,12-11-,22-19-/t36-,37-,38-,39-,43-,44-,45-/m1/s1. The van der Waals surface area contributed by atoms with Crippen molar-refractivity contribution < 1.29 is 76.5 Å². The Bertz CT molecular complexity index is 1880. The molecule has 2 unspecified atom stereocenters. The van der Waals surface area contributed by atoms with Crippen molar-refractivity contribution in [2.75, 3.05) is 25.6 Å². The highest BCUT2D eigenvalue weighted by Gasteiger charge is 2.46. The first kappa shape index (κ1) is 60.8. The lowest BCUT2D eigenvalue weighted by atomic mass is 10.0. The van der Waals surface area contributed by atoms with Gasteiger partial charge in [0.05, 0.1) is 25.4 Å². The van der Waals surface area contributed by atoms with Crippen LogP contribution < -0.4 is 11.4 Å². The van der Waals surface area contributed by atoms with Crippen molar-refractivity contribution in [2.24, 2.45) is 5.92 Å². The molecule has 0 amide bonds. The Hall–Kier alpha value is -3.36. The van der Waals surface area contributed by atoms with Crippen LogP contribution in [-0.4, -0.2) is 108 Å². The molecule has 0 radical (unpaired) electrons. The maximum Gasteiger partial charge on any atom is 0.481 e. The number of aliphatic hydroxyl groups is 4. The van der Waals surface area contributed by atoms with Gasteiger partial charge in [-0.3, -0.25) is 23.2 Å². The zero-order valence-electron chi connectivity index (χ0n) is 39.8. The average Bonchev–Trinajstić information content (AvgIpc) is 3.55. The van der Waals surface area contributed by atoms with Crippen molar-refractivity contribution >= 4 is 33.4 Å². The van der Waals surface area contributed by atoms with Crippen LogP contribution in [0.3, 0.4) is 0 Å². The second kappa shape index (κ2) is 34.0.